The van der Waals surface area contributed by atoms with E-state index in [2.05, 4.69) is 11.4 Å². The Morgan fingerprint density at radius 1 is 1.38 bits per heavy atom. The lowest BCUT2D eigenvalue weighted by Gasteiger charge is -2.30. The van der Waals surface area contributed by atoms with E-state index in [1.54, 1.807) is 0 Å². The van der Waals surface area contributed by atoms with Gasteiger partial charge in [0, 0.05) is 22.8 Å². The number of nitrogens with two attached hydrogens (primary N) is 1. The monoisotopic (exact) mass is 238 g/mol. The average Bonchev–Trinajstić information content (AvgIpc) is 2.73. The molecule has 0 bridgehead atoms. The molecule has 0 heterocycles. The second-order valence-electron chi connectivity index (χ2n) is 4.78. The van der Waals surface area contributed by atoms with Crippen molar-refractivity contribution >= 4 is 17.3 Å². The fraction of sp³-hybridized carbons (Fsp3) is 0.538. The number of rotatable bonds is 3. The zero-order valence-corrected chi connectivity index (χ0v) is 10.5. The van der Waals surface area contributed by atoms with Crippen molar-refractivity contribution in [2.75, 3.05) is 11.9 Å². The lowest BCUT2D eigenvalue weighted by Crippen LogP contribution is -2.42. The molecule has 1 fully saturated rings. The molecule has 1 aliphatic carbocycles. The summed E-state index contributed by atoms with van der Waals surface area (Å²) < 4.78 is 0. The minimum Gasteiger partial charge on any atom is -0.378 e. The van der Waals surface area contributed by atoms with Crippen molar-refractivity contribution in [2.24, 2.45) is 5.73 Å². The summed E-state index contributed by atoms with van der Waals surface area (Å²) >= 11 is 6.12. The van der Waals surface area contributed by atoms with Crippen molar-refractivity contribution in [3.8, 4) is 0 Å². The topological polar surface area (TPSA) is 38.0 Å². The highest BCUT2D eigenvalue weighted by atomic mass is 35.5. The molecule has 3 N–H and O–H groups in total. The van der Waals surface area contributed by atoms with E-state index in [1.807, 2.05) is 19.1 Å². The van der Waals surface area contributed by atoms with Crippen molar-refractivity contribution in [3.05, 3.63) is 28.8 Å². The number of anilines is 1. The van der Waals surface area contributed by atoms with Crippen LogP contribution >= 0.6 is 11.6 Å². The van der Waals surface area contributed by atoms with Gasteiger partial charge in [-0.15, -0.1) is 0 Å². The highest BCUT2D eigenvalue weighted by Crippen LogP contribution is 2.33. The van der Waals surface area contributed by atoms with Gasteiger partial charge < -0.3 is 11.1 Å². The number of benzene rings is 1. The molecule has 1 aromatic carbocycles. The van der Waals surface area contributed by atoms with Crippen molar-refractivity contribution in [2.45, 2.75) is 38.1 Å². The Balaban J connectivity index is 2.16. The molecule has 0 aromatic heterocycles. The van der Waals surface area contributed by atoms with Gasteiger partial charge in [-0.3, -0.25) is 0 Å². The summed E-state index contributed by atoms with van der Waals surface area (Å²) in [4.78, 5) is 0. The Bertz CT molecular complexity index is 370. The molecule has 2 nitrogen and oxygen atoms in total. The number of aryl methyl sites for hydroxylation is 1. The Morgan fingerprint density at radius 2 is 2.06 bits per heavy atom. The van der Waals surface area contributed by atoms with Crippen molar-refractivity contribution in [1.29, 1.82) is 0 Å². The summed E-state index contributed by atoms with van der Waals surface area (Å²) in [6.07, 6.45) is 4.86. The lowest BCUT2D eigenvalue weighted by molar-refractivity contribution is 0.493. The first kappa shape index (κ1) is 11.7. The maximum absolute atomic E-state index is 6.12. The van der Waals surface area contributed by atoms with Gasteiger partial charge in [-0.1, -0.05) is 30.5 Å². The average molecular weight is 239 g/mol. The standard InChI is InChI=1S/C13H19ClN2/c1-10-4-5-11(8-12(10)14)16-13(9-15)6-2-3-7-13/h4-5,8,16H,2-3,6-7,9,15H2,1H3. The minimum absolute atomic E-state index is 0.0958. The van der Waals surface area contributed by atoms with E-state index in [9.17, 15) is 0 Å². The molecule has 1 aromatic rings. The van der Waals surface area contributed by atoms with Crippen molar-refractivity contribution in [3.63, 3.8) is 0 Å². The molecule has 1 saturated carbocycles. The minimum atomic E-state index is 0.0958. The number of nitrogens with one attached hydrogen (secondary N) is 1. The lowest BCUT2D eigenvalue weighted by atomic mass is 9.97. The summed E-state index contributed by atoms with van der Waals surface area (Å²) in [7, 11) is 0. The molecule has 88 valence electrons. The first-order chi connectivity index (χ1) is 7.65. The molecule has 3 heteroatoms. The quantitative estimate of drug-likeness (QED) is 0.848. The Kier molecular flexibility index (Phi) is 3.41. The Labute approximate surface area is 102 Å². The van der Waals surface area contributed by atoms with E-state index in [0.29, 0.717) is 6.54 Å². The molecule has 0 spiro atoms. The third-order valence-electron chi connectivity index (χ3n) is 3.53. The zero-order valence-electron chi connectivity index (χ0n) is 9.72. The number of hydrogen-bond donors (Lipinski definition) is 2. The van der Waals surface area contributed by atoms with Crippen LogP contribution in [0.2, 0.25) is 5.02 Å². The van der Waals surface area contributed by atoms with Gasteiger partial charge in [0.25, 0.3) is 0 Å². The van der Waals surface area contributed by atoms with E-state index in [-0.39, 0.29) is 5.54 Å². The van der Waals surface area contributed by atoms with Gasteiger partial charge in [0.2, 0.25) is 0 Å². The van der Waals surface area contributed by atoms with Crippen LogP contribution in [0.3, 0.4) is 0 Å². The van der Waals surface area contributed by atoms with Gasteiger partial charge in [0.05, 0.1) is 0 Å². The molecule has 1 aliphatic rings. The maximum Gasteiger partial charge on any atom is 0.0495 e. The SMILES string of the molecule is Cc1ccc(NC2(CN)CCCC2)cc1Cl. The van der Waals surface area contributed by atoms with Gasteiger partial charge in [-0.2, -0.15) is 0 Å². The van der Waals surface area contributed by atoms with Gasteiger partial charge in [0.15, 0.2) is 0 Å². The fourth-order valence-electron chi connectivity index (χ4n) is 2.41. The molecular weight excluding hydrogens is 220 g/mol. The molecular formula is C13H19ClN2. The van der Waals surface area contributed by atoms with Gasteiger partial charge in [-0.05, 0) is 37.5 Å². The van der Waals surface area contributed by atoms with Crippen LogP contribution in [-0.4, -0.2) is 12.1 Å². The molecule has 0 radical (unpaired) electrons. The van der Waals surface area contributed by atoms with Gasteiger partial charge >= 0.3 is 0 Å². The van der Waals surface area contributed by atoms with Crippen LogP contribution < -0.4 is 11.1 Å². The third kappa shape index (κ3) is 2.33. The Morgan fingerprint density at radius 3 is 2.62 bits per heavy atom. The molecule has 2 rings (SSSR count). The van der Waals surface area contributed by atoms with E-state index in [4.69, 9.17) is 17.3 Å². The Hall–Kier alpha value is -0.730. The van der Waals surface area contributed by atoms with Crippen LogP contribution in [0, 0.1) is 6.92 Å². The molecule has 0 unspecified atom stereocenters. The maximum atomic E-state index is 6.12. The highest BCUT2D eigenvalue weighted by molar-refractivity contribution is 6.31. The normalized spacial score (nSPS) is 18.7. The first-order valence-electron chi connectivity index (χ1n) is 5.90. The van der Waals surface area contributed by atoms with Gasteiger partial charge in [-0.25, -0.2) is 0 Å². The summed E-state index contributed by atoms with van der Waals surface area (Å²) in [6, 6.07) is 6.12. The van der Waals surface area contributed by atoms with Crippen molar-refractivity contribution in [1.82, 2.24) is 0 Å². The largest absolute Gasteiger partial charge is 0.378 e. The third-order valence-corrected chi connectivity index (χ3v) is 3.94. The predicted octanol–water partition coefficient (Wildman–Crippen LogP) is 3.33. The van der Waals surface area contributed by atoms with Crippen LogP contribution in [0.15, 0.2) is 18.2 Å². The van der Waals surface area contributed by atoms with Crippen LogP contribution in [0.25, 0.3) is 0 Å². The van der Waals surface area contributed by atoms with E-state index in [0.717, 1.165) is 29.1 Å². The van der Waals surface area contributed by atoms with Crippen LogP contribution in [-0.2, 0) is 0 Å². The fourth-order valence-corrected chi connectivity index (χ4v) is 2.59. The van der Waals surface area contributed by atoms with Crippen LogP contribution in [0.1, 0.15) is 31.2 Å². The highest BCUT2D eigenvalue weighted by Gasteiger charge is 2.32. The summed E-state index contributed by atoms with van der Waals surface area (Å²) in [6.45, 7) is 2.71. The molecule has 0 saturated heterocycles. The van der Waals surface area contributed by atoms with Crippen molar-refractivity contribution < 1.29 is 0 Å². The van der Waals surface area contributed by atoms with Crippen LogP contribution in [0.5, 0.6) is 0 Å². The second-order valence-corrected chi connectivity index (χ2v) is 5.19. The summed E-state index contributed by atoms with van der Waals surface area (Å²) in [5.41, 5.74) is 8.18. The predicted molar refractivity (Wildman–Crippen MR) is 70.1 cm³/mol. The van der Waals surface area contributed by atoms with Crippen LogP contribution in [0.4, 0.5) is 5.69 Å². The molecule has 0 atom stereocenters. The summed E-state index contributed by atoms with van der Waals surface area (Å²) in [5.74, 6) is 0. The number of halogens is 1. The van der Waals surface area contributed by atoms with E-state index < -0.39 is 0 Å². The first-order valence-corrected chi connectivity index (χ1v) is 6.27. The molecule has 0 amide bonds. The zero-order chi connectivity index (χ0) is 11.6. The van der Waals surface area contributed by atoms with Gasteiger partial charge in [0.1, 0.15) is 0 Å². The summed E-state index contributed by atoms with van der Waals surface area (Å²) in [5, 5.41) is 4.38. The molecule has 0 aliphatic heterocycles. The second kappa shape index (κ2) is 4.64. The number of hydrogen-bond acceptors (Lipinski definition) is 2. The smallest absolute Gasteiger partial charge is 0.0495 e. The van der Waals surface area contributed by atoms with E-state index in [1.165, 1.54) is 12.8 Å². The molecule has 16 heavy (non-hydrogen) atoms. The van der Waals surface area contributed by atoms with E-state index >= 15 is 0 Å².